The number of rotatable bonds is 7. The van der Waals surface area contributed by atoms with Gasteiger partial charge in [0.25, 0.3) is 0 Å². The number of carbonyl (C=O) groups is 1. The Morgan fingerprint density at radius 2 is 2.20 bits per heavy atom. The predicted octanol–water partition coefficient (Wildman–Crippen LogP) is 1.69. The van der Waals surface area contributed by atoms with Gasteiger partial charge in [0.2, 0.25) is 17.6 Å². The van der Waals surface area contributed by atoms with Crippen LogP contribution in [-0.4, -0.2) is 36.3 Å². The van der Waals surface area contributed by atoms with Crippen LogP contribution < -0.4 is 5.32 Å². The fourth-order valence-electron chi connectivity index (χ4n) is 2.40. The Morgan fingerprint density at radius 1 is 1.36 bits per heavy atom. The molecule has 0 unspecified atom stereocenters. The van der Waals surface area contributed by atoms with Crippen molar-refractivity contribution in [1.82, 2.24) is 35.7 Å². The topological polar surface area (TPSA) is 112 Å². The van der Waals surface area contributed by atoms with Crippen molar-refractivity contribution < 1.29 is 9.32 Å². The summed E-state index contributed by atoms with van der Waals surface area (Å²) < 4.78 is 6.88. The van der Waals surface area contributed by atoms with Gasteiger partial charge in [-0.05, 0) is 36.3 Å². The first-order chi connectivity index (χ1) is 12.1. The molecular formula is C16H19N7O2. The minimum Gasteiger partial charge on any atom is -0.345 e. The van der Waals surface area contributed by atoms with Gasteiger partial charge in [0.15, 0.2) is 0 Å². The highest BCUT2D eigenvalue weighted by atomic mass is 16.5. The number of carbonyl (C=O) groups excluding carboxylic acids is 1. The summed E-state index contributed by atoms with van der Waals surface area (Å²) in [7, 11) is 0. The first kappa shape index (κ1) is 16.7. The number of nitrogens with one attached hydrogen (secondary N) is 1. The fourth-order valence-corrected chi connectivity index (χ4v) is 2.40. The maximum atomic E-state index is 12.0. The Balaban J connectivity index is 1.53. The Bertz CT molecular complexity index is 829. The molecule has 1 N–H and O–H groups in total. The van der Waals surface area contributed by atoms with Gasteiger partial charge < -0.3 is 9.84 Å². The molecule has 0 fully saturated rings. The van der Waals surface area contributed by atoms with Crippen LogP contribution in [0.5, 0.6) is 0 Å². The van der Waals surface area contributed by atoms with Gasteiger partial charge >= 0.3 is 0 Å². The predicted molar refractivity (Wildman–Crippen MR) is 88.1 cm³/mol. The third kappa shape index (κ3) is 4.25. The summed E-state index contributed by atoms with van der Waals surface area (Å²) in [5.74, 6) is 0.816. The maximum absolute atomic E-state index is 12.0. The zero-order valence-electron chi connectivity index (χ0n) is 14.1. The molecule has 1 aromatic carbocycles. The molecule has 130 valence electrons. The fraction of sp³-hybridized carbons (Fsp3) is 0.375. The van der Waals surface area contributed by atoms with Crippen LogP contribution in [0.25, 0.3) is 11.4 Å². The zero-order chi connectivity index (χ0) is 17.6. The monoisotopic (exact) mass is 341 g/mol. The lowest BCUT2D eigenvalue weighted by molar-refractivity contribution is -0.122. The van der Waals surface area contributed by atoms with Crippen LogP contribution >= 0.6 is 0 Å². The van der Waals surface area contributed by atoms with Crippen molar-refractivity contribution in [2.24, 2.45) is 0 Å². The van der Waals surface area contributed by atoms with Gasteiger partial charge in [-0.15, -0.1) is 5.10 Å². The second-order valence-electron chi connectivity index (χ2n) is 5.74. The molecule has 2 aromatic heterocycles. The van der Waals surface area contributed by atoms with Gasteiger partial charge in [-0.3, -0.25) is 4.79 Å². The van der Waals surface area contributed by atoms with E-state index in [9.17, 15) is 4.79 Å². The van der Waals surface area contributed by atoms with E-state index < -0.39 is 0 Å². The maximum Gasteiger partial charge on any atom is 0.249 e. The van der Waals surface area contributed by atoms with E-state index in [0.29, 0.717) is 31.1 Å². The SMILES string of the molecule is Cc1ccccc1-c1noc([C@H](C)NC(=O)CCCn2cnnn2)n1. The van der Waals surface area contributed by atoms with Crippen LogP contribution in [0, 0.1) is 6.92 Å². The number of benzene rings is 1. The second-order valence-corrected chi connectivity index (χ2v) is 5.74. The summed E-state index contributed by atoms with van der Waals surface area (Å²) in [6, 6.07) is 7.45. The summed E-state index contributed by atoms with van der Waals surface area (Å²) in [5, 5.41) is 17.7. The average molecular weight is 341 g/mol. The molecule has 1 amide bonds. The number of hydrogen-bond donors (Lipinski definition) is 1. The summed E-state index contributed by atoms with van der Waals surface area (Å²) in [6.45, 7) is 4.39. The van der Waals surface area contributed by atoms with Gasteiger partial charge in [0.05, 0.1) is 0 Å². The number of amides is 1. The lowest BCUT2D eigenvalue weighted by atomic mass is 10.1. The van der Waals surface area contributed by atoms with E-state index in [-0.39, 0.29) is 11.9 Å². The van der Waals surface area contributed by atoms with Gasteiger partial charge in [-0.2, -0.15) is 4.98 Å². The molecular weight excluding hydrogens is 322 g/mol. The van der Waals surface area contributed by atoms with E-state index in [1.165, 1.54) is 6.33 Å². The van der Waals surface area contributed by atoms with E-state index in [1.54, 1.807) is 4.68 Å². The first-order valence-corrected chi connectivity index (χ1v) is 8.03. The van der Waals surface area contributed by atoms with E-state index >= 15 is 0 Å². The third-order valence-electron chi connectivity index (χ3n) is 3.76. The van der Waals surface area contributed by atoms with Crippen LogP contribution in [0.4, 0.5) is 0 Å². The van der Waals surface area contributed by atoms with Crippen molar-refractivity contribution in [2.75, 3.05) is 0 Å². The summed E-state index contributed by atoms with van der Waals surface area (Å²) in [5.41, 5.74) is 1.98. The molecule has 0 aliphatic rings. The van der Waals surface area contributed by atoms with Crippen molar-refractivity contribution in [3.63, 3.8) is 0 Å². The van der Waals surface area contributed by atoms with E-state index in [4.69, 9.17) is 4.52 Å². The Hall–Kier alpha value is -3.10. The lowest BCUT2D eigenvalue weighted by Gasteiger charge is -2.09. The molecule has 0 spiro atoms. The highest BCUT2D eigenvalue weighted by molar-refractivity contribution is 5.76. The smallest absolute Gasteiger partial charge is 0.249 e. The minimum atomic E-state index is -0.356. The second kappa shape index (κ2) is 7.65. The summed E-state index contributed by atoms with van der Waals surface area (Å²) in [4.78, 5) is 16.4. The lowest BCUT2D eigenvalue weighted by Crippen LogP contribution is -2.26. The molecule has 0 saturated heterocycles. The minimum absolute atomic E-state index is 0.0868. The highest BCUT2D eigenvalue weighted by Crippen LogP contribution is 2.21. The van der Waals surface area contributed by atoms with Gasteiger partial charge in [-0.1, -0.05) is 29.4 Å². The standard InChI is InChI=1S/C16H19N7O2/c1-11-6-3-4-7-13(11)15-19-16(25-20-15)12(2)18-14(24)8-5-9-23-10-17-21-22-23/h3-4,6-7,10,12H,5,8-9H2,1-2H3,(H,18,24)/t12-/m0/s1. The molecule has 9 heteroatoms. The molecule has 0 saturated carbocycles. The number of tetrazole rings is 1. The quantitative estimate of drug-likeness (QED) is 0.696. The summed E-state index contributed by atoms with van der Waals surface area (Å²) >= 11 is 0. The number of nitrogens with zero attached hydrogens (tertiary/aromatic N) is 6. The van der Waals surface area contributed by atoms with Crippen molar-refractivity contribution in [2.45, 2.75) is 39.3 Å². The van der Waals surface area contributed by atoms with Crippen LogP contribution in [0.2, 0.25) is 0 Å². The molecule has 3 rings (SSSR count). The summed E-state index contributed by atoms with van der Waals surface area (Å²) in [6.07, 6.45) is 2.52. The molecule has 1 atom stereocenters. The van der Waals surface area contributed by atoms with Gasteiger partial charge in [-0.25, -0.2) is 4.68 Å². The first-order valence-electron chi connectivity index (χ1n) is 8.03. The van der Waals surface area contributed by atoms with Gasteiger partial charge in [0.1, 0.15) is 12.4 Å². The van der Waals surface area contributed by atoms with Crippen LogP contribution in [0.1, 0.15) is 37.3 Å². The number of hydrogen-bond acceptors (Lipinski definition) is 7. The normalized spacial score (nSPS) is 12.1. The van der Waals surface area contributed by atoms with E-state index in [0.717, 1.165) is 11.1 Å². The average Bonchev–Trinajstić information content (AvgIpc) is 3.27. The molecule has 0 radical (unpaired) electrons. The van der Waals surface area contributed by atoms with Crippen molar-refractivity contribution in [3.8, 4) is 11.4 Å². The molecule has 0 aliphatic carbocycles. The Morgan fingerprint density at radius 3 is 2.96 bits per heavy atom. The molecule has 2 heterocycles. The molecule has 25 heavy (non-hydrogen) atoms. The molecule has 3 aromatic rings. The third-order valence-corrected chi connectivity index (χ3v) is 3.76. The van der Waals surface area contributed by atoms with E-state index in [1.807, 2.05) is 38.1 Å². The molecule has 9 nitrogen and oxygen atoms in total. The van der Waals surface area contributed by atoms with Crippen molar-refractivity contribution in [1.29, 1.82) is 0 Å². The van der Waals surface area contributed by atoms with Gasteiger partial charge in [0, 0.05) is 18.5 Å². The Labute approximate surface area is 144 Å². The van der Waals surface area contributed by atoms with E-state index in [2.05, 4.69) is 31.0 Å². The van der Waals surface area contributed by atoms with Crippen LogP contribution in [0.15, 0.2) is 35.1 Å². The van der Waals surface area contributed by atoms with Crippen molar-refractivity contribution in [3.05, 3.63) is 42.0 Å². The number of aryl methyl sites for hydroxylation is 2. The van der Waals surface area contributed by atoms with Crippen LogP contribution in [-0.2, 0) is 11.3 Å². The zero-order valence-corrected chi connectivity index (χ0v) is 14.1. The van der Waals surface area contributed by atoms with Crippen molar-refractivity contribution >= 4 is 5.91 Å². The molecule has 0 aliphatic heterocycles. The van der Waals surface area contributed by atoms with Crippen LogP contribution in [0.3, 0.4) is 0 Å². The largest absolute Gasteiger partial charge is 0.345 e. The highest BCUT2D eigenvalue weighted by Gasteiger charge is 2.17. The Kier molecular flexibility index (Phi) is 5.12. The number of aromatic nitrogens is 6. The molecule has 0 bridgehead atoms.